The molecule has 5 N–H and O–H groups in total. The van der Waals surface area contributed by atoms with Crippen LogP contribution in [0.15, 0.2) is 18.2 Å². The van der Waals surface area contributed by atoms with Crippen LogP contribution in [0.1, 0.15) is 39.2 Å². The Morgan fingerprint density at radius 1 is 1.08 bits per heavy atom. The molecule has 0 bridgehead atoms. The Labute approximate surface area is 148 Å². The Balaban J connectivity index is 2.66. The van der Waals surface area contributed by atoms with Gasteiger partial charge in [0.2, 0.25) is 17.7 Å². The molecule has 0 aliphatic carbocycles. The fourth-order valence-electron chi connectivity index (χ4n) is 2.13. The highest BCUT2D eigenvalue weighted by atomic mass is 16.2. The molecule has 0 saturated heterocycles. The Morgan fingerprint density at radius 2 is 1.64 bits per heavy atom. The van der Waals surface area contributed by atoms with Gasteiger partial charge in [0.1, 0.15) is 0 Å². The van der Waals surface area contributed by atoms with Crippen molar-refractivity contribution in [1.82, 2.24) is 5.32 Å². The first-order chi connectivity index (χ1) is 11.8. The summed E-state index contributed by atoms with van der Waals surface area (Å²) in [4.78, 5) is 35.6. The molecule has 1 atom stereocenters. The van der Waals surface area contributed by atoms with Gasteiger partial charge in [0.25, 0.3) is 0 Å². The van der Waals surface area contributed by atoms with E-state index < -0.39 is 6.04 Å². The second kappa shape index (κ2) is 9.78. The lowest BCUT2D eigenvalue weighted by Crippen LogP contribution is -2.46. The van der Waals surface area contributed by atoms with Crippen LogP contribution >= 0.6 is 0 Å². The van der Waals surface area contributed by atoms with Crippen LogP contribution in [0.2, 0.25) is 0 Å². The molecule has 0 unspecified atom stereocenters. The first-order valence-corrected chi connectivity index (χ1v) is 8.48. The van der Waals surface area contributed by atoms with Crippen molar-refractivity contribution in [3.05, 3.63) is 23.8 Å². The van der Waals surface area contributed by atoms with Crippen molar-refractivity contribution in [1.29, 1.82) is 0 Å². The first kappa shape index (κ1) is 20.6. The van der Waals surface area contributed by atoms with E-state index in [0.717, 1.165) is 12.0 Å². The molecule has 0 aromatic heterocycles. The third-order valence-electron chi connectivity index (χ3n) is 3.80. The number of carbonyl (C=O) groups excluding carboxylic acids is 3. The van der Waals surface area contributed by atoms with Crippen LogP contribution in [0.3, 0.4) is 0 Å². The highest BCUT2D eigenvalue weighted by Crippen LogP contribution is 2.23. The van der Waals surface area contributed by atoms with Crippen molar-refractivity contribution < 1.29 is 14.4 Å². The molecule has 1 aromatic rings. The van der Waals surface area contributed by atoms with Gasteiger partial charge in [-0.2, -0.15) is 0 Å². The minimum absolute atomic E-state index is 0.00582. The van der Waals surface area contributed by atoms with Crippen LogP contribution in [0.25, 0.3) is 0 Å². The maximum absolute atomic E-state index is 12.0. The van der Waals surface area contributed by atoms with Crippen LogP contribution in [-0.2, 0) is 14.4 Å². The quantitative estimate of drug-likeness (QED) is 0.573. The monoisotopic (exact) mass is 348 g/mol. The van der Waals surface area contributed by atoms with Gasteiger partial charge in [-0.05, 0) is 37.0 Å². The number of nitrogens with one attached hydrogen (secondary N) is 3. The predicted molar refractivity (Wildman–Crippen MR) is 99.2 cm³/mol. The lowest BCUT2D eigenvalue weighted by Gasteiger charge is -2.16. The summed E-state index contributed by atoms with van der Waals surface area (Å²) in [6.07, 6.45) is 1.21. The lowest BCUT2D eigenvalue weighted by atomic mass is 10.1. The van der Waals surface area contributed by atoms with Gasteiger partial charge in [-0.3, -0.25) is 14.4 Å². The van der Waals surface area contributed by atoms with Crippen molar-refractivity contribution in [2.75, 3.05) is 17.2 Å². The maximum atomic E-state index is 12.0. The van der Waals surface area contributed by atoms with Gasteiger partial charge < -0.3 is 21.7 Å². The third kappa shape index (κ3) is 6.54. The Hall–Kier alpha value is -2.41. The van der Waals surface area contributed by atoms with E-state index in [1.165, 1.54) is 0 Å². The Morgan fingerprint density at radius 3 is 2.16 bits per heavy atom. The minimum Gasteiger partial charge on any atom is -0.346 e. The standard InChI is InChI=1S/C18H28N4O3/c1-5-7-15(23)21-13-8-6-9-14(12(13)4)22-16(24)10-20-18(25)17(19)11(2)3/h6,8-9,11,17H,5,7,10,19H2,1-4H3,(H,20,25)(H,21,23)(H,22,24)/t17-/m0/s1. The van der Waals surface area contributed by atoms with Crippen molar-refractivity contribution >= 4 is 29.1 Å². The van der Waals surface area contributed by atoms with Crippen LogP contribution in [0.5, 0.6) is 0 Å². The molecule has 3 amide bonds. The van der Waals surface area contributed by atoms with E-state index in [0.29, 0.717) is 17.8 Å². The Kier molecular flexibility index (Phi) is 8.07. The molecule has 0 aliphatic heterocycles. The van der Waals surface area contributed by atoms with Crippen LogP contribution in [0, 0.1) is 12.8 Å². The molecule has 0 saturated carbocycles. The zero-order chi connectivity index (χ0) is 19.0. The van der Waals surface area contributed by atoms with Crippen molar-refractivity contribution in [2.45, 2.75) is 46.6 Å². The van der Waals surface area contributed by atoms with Gasteiger partial charge in [-0.15, -0.1) is 0 Å². The molecule has 7 heteroatoms. The fourth-order valence-corrected chi connectivity index (χ4v) is 2.13. The smallest absolute Gasteiger partial charge is 0.243 e. The summed E-state index contributed by atoms with van der Waals surface area (Å²) in [5, 5.41) is 8.08. The summed E-state index contributed by atoms with van der Waals surface area (Å²) in [5.41, 5.74) is 7.72. The van der Waals surface area contributed by atoms with E-state index in [2.05, 4.69) is 16.0 Å². The Bertz CT molecular complexity index is 629. The SMILES string of the molecule is CCCC(=O)Nc1cccc(NC(=O)CNC(=O)[C@@H](N)C(C)C)c1C. The topological polar surface area (TPSA) is 113 Å². The normalized spacial score (nSPS) is 11.8. The zero-order valence-corrected chi connectivity index (χ0v) is 15.3. The summed E-state index contributed by atoms with van der Waals surface area (Å²) >= 11 is 0. The van der Waals surface area contributed by atoms with E-state index >= 15 is 0 Å². The highest BCUT2D eigenvalue weighted by Gasteiger charge is 2.18. The third-order valence-corrected chi connectivity index (χ3v) is 3.80. The molecule has 25 heavy (non-hydrogen) atoms. The molecule has 0 fully saturated rings. The highest BCUT2D eigenvalue weighted by molar-refractivity contribution is 5.98. The van der Waals surface area contributed by atoms with Crippen LogP contribution in [0.4, 0.5) is 11.4 Å². The average Bonchev–Trinajstić information content (AvgIpc) is 2.55. The van der Waals surface area contributed by atoms with Gasteiger partial charge in [0.15, 0.2) is 0 Å². The van der Waals surface area contributed by atoms with Gasteiger partial charge in [-0.25, -0.2) is 0 Å². The van der Waals surface area contributed by atoms with E-state index in [4.69, 9.17) is 5.73 Å². The molecular formula is C18H28N4O3. The largest absolute Gasteiger partial charge is 0.346 e. The number of anilines is 2. The average molecular weight is 348 g/mol. The lowest BCUT2D eigenvalue weighted by molar-refractivity contribution is -0.125. The summed E-state index contributed by atoms with van der Waals surface area (Å²) in [6, 6.07) is 4.62. The van der Waals surface area contributed by atoms with Crippen molar-refractivity contribution in [3.63, 3.8) is 0 Å². The molecular weight excluding hydrogens is 320 g/mol. The summed E-state index contributed by atoms with van der Waals surface area (Å²) in [7, 11) is 0. The number of hydrogen-bond acceptors (Lipinski definition) is 4. The van der Waals surface area contributed by atoms with Crippen molar-refractivity contribution in [3.8, 4) is 0 Å². The van der Waals surface area contributed by atoms with E-state index in [1.807, 2.05) is 27.7 Å². The van der Waals surface area contributed by atoms with E-state index in [9.17, 15) is 14.4 Å². The molecule has 7 nitrogen and oxygen atoms in total. The number of nitrogens with two attached hydrogens (primary N) is 1. The number of carbonyl (C=O) groups is 3. The van der Waals surface area contributed by atoms with E-state index in [-0.39, 0.29) is 30.2 Å². The molecule has 0 heterocycles. The minimum atomic E-state index is -0.647. The second-order valence-corrected chi connectivity index (χ2v) is 6.31. The van der Waals surface area contributed by atoms with Gasteiger partial charge >= 0.3 is 0 Å². The number of hydrogen-bond donors (Lipinski definition) is 4. The first-order valence-electron chi connectivity index (χ1n) is 8.48. The number of benzene rings is 1. The number of rotatable bonds is 8. The van der Waals surface area contributed by atoms with Crippen LogP contribution in [-0.4, -0.2) is 30.3 Å². The molecule has 1 rings (SSSR count). The molecule has 0 aliphatic rings. The van der Waals surface area contributed by atoms with Gasteiger partial charge in [0, 0.05) is 17.8 Å². The second-order valence-electron chi connectivity index (χ2n) is 6.31. The van der Waals surface area contributed by atoms with Gasteiger partial charge in [0.05, 0.1) is 12.6 Å². The molecule has 0 radical (unpaired) electrons. The summed E-state index contributed by atoms with van der Waals surface area (Å²) < 4.78 is 0. The zero-order valence-electron chi connectivity index (χ0n) is 15.3. The van der Waals surface area contributed by atoms with Crippen LogP contribution < -0.4 is 21.7 Å². The predicted octanol–water partition coefficient (Wildman–Crippen LogP) is 1.77. The van der Waals surface area contributed by atoms with Crippen molar-refractivity contribution in [2.24, 2.45) is 11.7 Å². The summed E-state index contributed by atoms with van der Waals surface area (Å²) in [5.74, 6) is -0.787. The molecule has 1 aromatic carbocycles. The molecule has 138 valence electrons. The summed E-state index contributed by atoms with van der Waals surface area (Å²) in [6.45, 7) is 7.26. The van der Waals surface area contributed by atoms with Gasteiger partial charge in [-0.1, -0.05) is 26.8 Å². The fraction of sp³-hybridized carbons (Fsp3) is 0.500. The van der Waals surface area contributed by atoms with E-state index in [1.54, 1.807) is 18.2 Å². The maximum Gasteiger partial charge on any atom is 0.243 e. The number of amides is 3. The molecule has 0 spiro atoms.